The fraction of sp³-hybridized carbons (Fsp3) is 0.375. The maximum atomic E-state index is 12.1. The summed E-state index contributed by atoms with van der Waals surface area (Å²) < 4.78 is 7.83. The summed E-state index contributed by atoms with van der Waals surface area (Å²) in [5.74, 6) is 0.932. The van der Waals surface area contributed by atoms with Crippen LogP contribution in [0.25, 0.3) is 0 Å². The molecule has 0 bridgehead atoms. The third kappa shape index (κ3) is 3.73. The van der Waals surface area contributed by atoms with Crippen LogP contribution in [-0.4, -0.2) is 22.3 Å². The number of carbonyl (C=O) groups is 1. The first-order valence-corrected chi connectivity index (χ1v) is 7.66. The third-order valence-electron chi connectivity index (χ3n) is 3.22. The number of hydrogen-bond acceptors (Lipinski definition) is 3. The van der Waals surface area contributed by atoms with E-state index in [1.54, 1.807) is 0 Å². The lowest BCUT2D eigenvalue weighted by atomic mass is 10.0. The molecule has 4 nitrogen and oxygen atoms in total. The average molecular weight is 351 g/mol. The maximum absolute atomic E-state index is 12.1. The summed E-state index contributed by atoms with van der Waals surface area (Å²) in [6.07, 6.45) is 0. The van der Waals surface area contributed by atoms with Gasteiger partial charge in [-0.2, -0.15) is 5.10 Å². The second kappa shape index (κ2) is 6.43. The first-order chi connectivity index (χ1) is 9.88. The lowest BCUT2D eigenvalue weighted by molar-refractivity contribution is 0.0817. The Balaban J connectivity index is 2.06. The summed E-state index contributed by atoms with van der Waals surface area (Å²) in [5, 5.41) is 4.16. The molecule has 1 aromatic heterocycles. The molecule has 2 aromatic rings. The van der Waals surface area contributed by atoms with Crippen LogP contribution in [0.2, 0.25) is 0 Å². The van der Waals surface area contributed by atoms with Crippen LogP contribution in [0.15, 0.2) is 28.7 Å². The van der Waals surface area contributed by atoms with E-state index in [0.717, 1.165) is 15.9 Å². The number of benzene rings is 1. The molecule has 0 aliphatic carbocycles. The Labute approximate surface area is 133 Å². The maximum Gasteiger partial charge on any atom is 0.284 e. The van der Waals surface area contributed by atoms with E-state index in [-0.39, 0.29) is 12.5 Å². The highest BCUT2D eigenvalue weighted by Gasteiger charge is 2.12. The van der Waals surface area contributed by atoms with E-state index in [1.165, 1.54) is 10.2 Å². The van der Waals surface area contributed by atoms with Crippen molar-refractivity contribution in [3.05, 3.63) is 45.7 Å². The highest BCUT2D eigenvalue weighted by atomic mass is 79.9. The standard InChI is InChI=1S/C16H19BrN2O2/c1-10(2)13-5-6-15(14(17)8-13)21-9-16(20)19-12(4)7-11(3)18-19/h5-8,10H,9H2,1-4H3. The molecule has 5 heteroatoms. The Morgan fingerprint density at radius 1 is 1.33 bits per heavy atom. The van der Waals surface area contributed by atoms with Gasteiger partial charge < -0.3 is 4.74 Å². The lowest BCUT2D eigenvalue weighted by Crippen LogP contribution is -2.21. The molecule has 1 heterocycles. The Morgan fingerprint density at radius 3 is 2.57 bits per heavy atom. The monoisotopic (exact) mass is 350 g/mol. The van der Waals surface area contributed by atoms with Crippen LogP contribution in [0.4, 0.5) is 0 Å². The van der Waals surface area contributed by atoms with Crippen molar-refractivity contribution in [1.82, 2.24) is 9.78 Å². The smallest absolute Gasteiger partial charge is 0.284 e. The number of ether oxygens (including phenoxy) is 1. The predicted octanol–water partition coefficient (Wildman–Crippen LogP) is 4.11. The quantitative estimate of drug-likeness (QED) is 0.833. The van der Waals surface area contributed by atoms with Crippen molar-refractivity contribution in [3.63, 3.8) is 0 Å². The average Bonchev–Trinajstić information content (AvgIpc) is 2.75. The first-order valence-electron chi connectivity index (χ1n) is 6.87. The molecule has 0 atom stereocenters. The second-order valence-corrected chi connectivity index (χ2v) is 6.22. The van der Waals surface area contributed by atoms with Crippen LogP contribution in [0.3, 0.4) is 0 Å². The van der Waals surface area contributed by atoms with Crippen molar-refractivity contribution in [2.45, 2.75) is 33.6 Å². The predicted molar refractivity (Wildman–Crippen MR) is 86.1 cm³/mol. The number of aromatic nitrogens is 2. The van der Waals surface area contributed by atoms with E-state index in [4.69, 9.17) is 4.74 Å². The van der Waals surface area contributed by atoms with Crippen molar-refractivity contribution < 1.29 is 9.53 Å². The second-order valence-electron chi connectivity index (χ2n) is 5.37. The van der Waals surface area contributed by atoms with Gasteiger partial charge in [0.05, 0.1) is 10.2 Å². The molecule has 0 fully saturated rings. The van der Waals surface area contributed by atoms with E-state index in [9.17, 15) is 4.79 Å². The normalized spacial score (nSPS) is 11.0. The Hall–Kier alpha value is -1.62. The van der Waals surface area contributed by atoms with Crippen molar-refractivity contribution >= 4 is 21.8 Å². The molecular weight excluding hydrogens is 332 g/mol. The van der Waals surface area contributed by atoms with Crippen molar-refractivity contribution in [1.29, 1.82) is 0 Å². The van der Waals surface area contributed by atoms with Crippen LogP contribution in [0.5, 0.6) is 5.75 Å². The summed E-state index contributed by atoms with van der Waals surface area (Å²) in [5.41, 5.74) is 2.86. The number of carbonyl (C=O) groups excluding carboxylic acids is 1. The van der Waals surface area contributed by atoms with Gasteiger partial charge in [-0.15, -0.1) is 0 Å². The van der Waals surface area contributed by atoms with Gasteiger partial charge in [-0.25, -0.2) is 4.68 Å². The molecule has 0 saturated carbocycles. The molecule has 0 N–H and O–H groups in total. The van der Waals surface area contributed by atoms with Gasteiger partial charge in [-0.1, -0.05) is 19.9 Å². The van der Waals surface area contributed by atoms with Crippen molar-refractivity contribution in [2.24, 2.45) is 0 Å². The fourth-order valence-corrected chi connectivity index (χ4v) is 2.59. The molecule has 0 aliphatic rings. The van der Waals surface area contributed by atoms with Crippen LogP contribution in [0, 0.1) is 13.8 Å². The zero-order chi connectivity index (χ0) is 15.6. The van der Waals surface area contributed by atoms with Gasteiger partial charge in [0, 0.05) is 5.69 Å². The highest BCUT2D eigenvalue weighted by molar-refractivity contribution is 9.10. The lowest BCUT2D eigenvalue weighted by Gasteiger charge is -2.11. The van der Waals surface area contributed by atoms with E-state index in [2.05, 4.69) is 34.9 Å². The summed E-state index contributed by atoms with van der Waals surface area (Å²) in [4.78, 5) is 12.1. The molecular formula is C16H19BrN2O2. The molecule has 0 spiro atoms. The highest BCUT2D eigenvalue weighted by Crippen LogP contribution is 2.28. The Bertz CT molecular complexity index is 662. The number of nitrogens with zero attached hydrogens (tertiary/aromatic N) is 2. The third-order valence-corrected chi connectivity index (χ3v) is 3.84. The van der Waals surface area contributed by atoms with E-state index in [1.807, 2.05) is 38.1 Å². The molecule has 0 radical (unpaired) electrons. The van der Waals surface area contributed by atoms with Gasteiger partial charge in [0.1, 0.15) is 5.75 Å². The molecule has 0 unspecified atom stereocenters. The molecule has 0 saturated heterocycles. The van der Waals surface area contributed by atoms with Gasteiger partial charge in [0.25, 0.3) is 5.91 Å². The summed E-state index contributed by atoms with van der Waals surface area (Å²) in [6, 6.07) is 7.78. The molecule has 1 aromatic carbocycles. The minimum atomic E-state index is -0.180. The van der Waals surface area contributed by atoms with Crippen LogP contribution < -0.4 is 4.74 Å². The minimum absolute atomic E-state index is 0.0401. The SMILES string of the molecule is Cc1cc(C)n(C(=O)COc2ccc(C(C)C)cc2Br)n1. The molecule has 0 aliphatic heterocycles. The van der Waals surface area contributed by atoms with Gasteiger partial charge >= 0.3 is 0 Å². The first kappa shape index (κ1) is 15.8. The molecule has 2 rings (SSSR count). The molecule has 112 valence electrons. The Morgan fingerprint density at radius 2 is 2.05 bits per heavy atom. The fourth-order valence-electron chi connectivity index (χ4n) is 2.08. The summed E-state index contributed by atoms with van der Waals surface area (Å²) in [6.45, 7) is 7.94. The van der Waals surface area contributed by atoms with E-state index >= 15 is 0 Å². The van der Waals surface area contributed by atoms with Gasteiger partial charge in [0.15, 0.2) is 6.61 Å². The van der Waals surface area contributed by atoms with Gasteiger partial charge in [0.2, 0.25) is 0 Å². The molecule has 0 amide bonds. The zero-order valence-corrected chi connectivity index (χ0v) is 14.3. The minimum Gasteiger partial charge on any atom is -0.483 e. The number of halogens is 1. The van der Waals surface area contributed by atoms with E-state index in [0.29, 0.717) is 11.7 Å². The van der Waals surface area contributed by atoms with E-state index < -0.39 is 0 Å². The largest absolute Gasteiger partial charge is 0.483 e. The van der Waals surface area contributed by atoms with Crippen molar-refractivity contribution in [2.75, 3.05) is 6.61 Å². The number of rotatable bonds is 4. The van der Waals surface area contributed by atoms with Gasteiger partial charge in [-0.3, -0.25) is 4.79 Å². The topological polar surface area (TPSA) is 44.1 Å². The summed E-state index contributed by atoms with van der Waals surface area (Å²) in [7, 11) is 0. The summed E-state index contributed by atoms with van der Waals surface area (Å²) >= 11 is 3.48. The number of hydrogen-bond donors (Lipinski definition) is 0. The number of aryl methyl sites for hydroxylation is 2. The zero-order valence-electron chi connectivity index (χ0n) is 12.7. The van der Waals surface area contributed by atoms with Gasteiger partial charge in [-0.05, 0) is 59.5 Å². The van der Waals surface area contributed by atoms with Crippen LogP contribution in [0.1, 0.15) is 41.5 Å². The van der Waals surface area contributed by atoms with Crippen LogP contribution in [-0.2, 0) is 0 Å². The molecule has 21 heavy (non-hydrogen) atoms. The Kier molecular flexibility index (Phi) is 4.83. The van der Waals surface area contributed by atoms with Crippen molar-refractivity contribution in [3.8, 4) is 5.75 Å². The van der Waals surface area contributed by atoms with Crippen LogP contribution >= 0.6 is 15.9 Å².